The zero-order valence-electron chi connectivity index (χ0n) is 15.1. The van der Waals surface area contributed by atoms with Crippen LogP contribution in [0.1, 0.15) is 23.0 Å². The average molecular weight is 383 g/mol. The zero-order chi connectivity index (χ0) is 18.8. The predicted molar refractivity (Wildman–Crippen MR) is 106 cm³/mol. The largest absolute Gasteiger partial charge is 0.353 e. The number of carbonyl (C=O) groups is 2. The fourth-order valence-electron chi connectivity index (χ4n) is 3.33. The number of hydrogen-bond donors (Lipinski definition) is 2. The molecule has 27 heavy (non-hydrogen) atoms. The van der Waals surface area contributed by atoms with Gasteiger partial charge in [0.05, 0.1) is 10.2 Å². The number of carbonyl (C=O) groups excluding carboxylic acids is 2. The van der Waals surface area contributed by atoms with Gasteiger partial charge >= 0.3 is 0 Å². The zero-order valence-corrected chi connectivity index (χ0v) is 15.9. The number of H-pyrrole nitrogens is 1. The van der Waals surface area contributed by atoms with Crippen LogP contribution >= 0.6 is 11.3 Å². The van der Waals surface area contributed by atoms with Crippen molar-refractivity contribution in [2.75, 3.05) is 31.1 Å². The Morgan fingerprint density at radius 1 is 1.26 bits per heavy atom. The summed E-state index contributed by atoms with van der Waals surface area (Å²) in [4.78, 5) is 35.7. The Labute approximate surface area is 161 Å². The predicted octanol–water partition coefficient (Wildman–Crippen LogP) is 2.22. The SMILES string of the molecule is CC(=O)N1CCN(c2ncccc2CNC(=O)c2cc3sccc3[nH]2)CC1. The van der Waals surface area contributed by atoms with Gasteiger partial charge < -0.3 is 20.1 Å². The van der Waals surface area contributed by atoms with Crippen LogP contribution in [0.5, 0.6) is 0 Å². The number of piperazine rings is 1. The molecule has 0 radical (unpaired) electrons. The summed E-state index contributed by atoms with van der Waals surface area (Å²) in [5.74, 6) is 0.845. The molecular formula is C19H21N5O2S. The summed E-state index contributed by atoms with van der Waals surface area (Å²) in [7, 11) is 0. The molecule has 0 bridgehead atoms. The van der Waals surface area contributed by atoms with Crippen LogP contribution in [-0.4, -0.2) is 52.9 Å². The first-order valence-corrected chi connectivity index (χ1v) is 9.78. The second-order valence-corrected chi connectivity index (χ2v) is 7.49. The first-order valence-electron chi connectivity index (χ1n) is 8.90. The molecule has 0 spiro atoms. The van der Waals surface area contributed by atoms with E-state index in [2.05, 4.69) is 20.2 Å². The lowest BCUT2D eigenvalue weighted by Crippen LogP contribution is -2.48. The Balaban J connectivity index is 1.43. The van der Waals surface area contributed by atoms with Crippen LogP contribution in [0, 0.1) is 0 Å². The highest BCUT2D eigenvalue weighted by Crippen LogP contribution is 2.22. The van der Waals surface area contributed by atoms with Crippen LogP contribution in [-0.2, 0) is 11.3 Å². The number of anilines is 1. The molecule has 3 aromatic heterocycles. The molecule has 0 aromatic carbocycles. The summed E-state index contributed by atoms with van der Waals surface area (Å²) in [5, 5.41) is 4.97. The van der Waals surface area contributed by atoms with Crippen LogP contribution in [0.15, 0.2) is 35.8 Å². The summed E-state index contributed by atoms with van der Waals surface area (Å²) in [6.07, 6.45) is 1.76. The van der Waals surface area contributed by atoms with Crippen molar-refractivity contribution in [3.05, 3.63) is 47.1 Å². The van der Waals surface area contributed by atoms with Crippen LogP contribution in [0.4, 0.5) is 5.82 Å². The molecule has 1 aliphatic heterocycles. The third-order valence-electron chi connectivity index (χ3n) is 4.82. The molecule has 0 unspecified atom stereocenters. The van der Waals surface area contributed by atoms with Crippen molar-refractivity contribution in [2.24, 2.45) is 0 Å². The molecule has 2 amide bonds. The molecule has 8 heteroatoms. The number of hydrogen-bond acceptors (Lipinski definition) is 5. The fraction of sp³-hybridized carbons (Fsp3) is 0.316. The highest BCUT2D eigenvalue weighted by molar-refractivity contribution is 7.17. The summed E-state index contributed by atoms with van der Waals surface area (Å²) < 4.78 is 1.07. The number of aromatic amines is 1. The normalized spacial score (nSPS) is 14.6. The van der Waals surface area contributed by atoms with Crippen LogP contribution in [0.25, 0.3) is 10.2 Å². The highest BCUT2D eigenvalue weighted by atomic mass is 32.1. The summed E-state index contributed by atoms with van der Waals surface area (Å²) in [5.41, 5.74) is 2.52. The summed E-state index contributed by atoms with van der Waals surface area (Å²) >= 11 is 1.61. The molecule has 2 N–H and O–H groups in total. The van der Waals surface area contributed by atoms with Crippen molar-refractivity contribution in [3.8, 4) is 0 Å². The van der Waals surface area contributed by atoms with Crippen LogP contribution in [0.2, 0.25) is 0 Å². The first kappa shape index (κ1) is 17.5. The van der Waals surface area contributed by atoms with E-state index in [4.69, 9.17) is 0 Å². The molecule has 1 fully saturated rings. The Bertz CT molecular complexity index is 943. The summed E-state index contributed by atoms with van der Waals surface area (Å²) in [6.45, 7) is 4.87. The number of pyridine rings is 1. The number of fused-ring (bicyclic) bond motifs is 1. The van der Waals surface area contributed by atoms with Gasteiger partial charge in [-0.15, -0.1) is 11.3 Å². The minimum Gasteiger partial charge on any atom is -0.353 e. The lowest BCUT2D eigenvalue weighted by molar-refractivity contribution is -0.129. The molecule has 1 aliphatic rings. The highest BCUT2D eigenvalue weighted by Gasteiger charge is 2.21. The second kappa shape index (κ2) is 7.40. The van der Waals surface area contributed by atoms with Crippen LogP contribution in [0.3, 0.4) is 0 Å². The number of nitrogens with zero attached hydrogens (tertiary/aromatic N) is 3. The maximum atomic E-state index is 12.5. The summed E-state index contributed by atoms with van der Waals surface area (Å²) in [6, 6.07) is 7.70. The topological polar surface area (TPSA) is 81.3 Å². The third-order valence-corrected chi connectivity index (χ3v) is 5.68. The van der Waals surface area contributed by atoms with E-state index in [1.807, 2.05) is 34.5 Å². The molecule has 4 heterocycles. The molecule has 140 valence electrons. The standard InChI is InChI=1S/C19H21N5O2S/c1-13(25)23-6-8-24(9-7-23)18-14(3-2-5-20-18)12-21-19(26)16-11-17-15(22-16)4-10-27-17/h2-5,10-11,22H,6-9,12H2,1H3,(H,21,26). The van der Waals surface area contributed by atoms with Gasteiger partial charge in [0.15, 0.2) is 0 Å². The van der Waals surface area contributed by atoms with Gasteiger partial charge in [0.1, 0.15) is 11.5 Å². The molecule has 0 aliphatic carbocycles. The number of nitrogens with one attached hydrogen (secondary N) is 2. The average Bonchev–Trinajstić information content (AvgIpc) is 3.28. The van der Waals surface area contributed by atoms with Crippen molar-refractivity contribution < 1.29 is 9.59 Å². The molecule has 0 saturated carbocycles. The number of thiophene rings is 1. The lowest BCUT2D eigenvalue weighted by Gasteiger charge is -2.35. The monoisotopic (exact) mass is 383 g/mol. The third kappa shape index (κ3) is 3.66. The van der Waals surface area contributed by atoms with Crippen molar-refractivity contribution in [1.82, 2.24) is 20.2 Å². The Hall–Kier alpha value is -2.87. The minimum absolute atomic E-state index is 0.106. The van der Waals surface area contributed by atoms with E-state index in [9.17, 15) is 9.59 Å². The van der Waals surface area contributed by atoms with Crippen LogP contribution < -0.4 is 10.2 Å². The maximum Gasteiger partial charge on any atom is 0.268 e. The van der Waals surface area contributed by atoms with E-state index in [0.717, 1.165) is 34.7 Å². The number of amides is 2. The van der Waals surface area contributed by atoms with E-state index in [1.165, 1.54) is 0 Å². The minimum atomic E-state index is -0.130. The smallest absolute Gasteiger partial charge is 0.268 e. The van der Waals surface area contributed by atoms with E-state index in [0.29, 0.717) is 25.3 Å². The molecule has 4 rings (SSSR count). The molecule has 3 aromatic rings. The molecule has 7 nitrogen and oxygen atoms in total. The van der Waals surface area contributed by atoms with Crippen molar-refractivity contribution in [3.63, 3.8) is 0 Å². The Morgan fingerprint density at radius 2 is 2.07 bits per heavy atom. The fourth-order valence-corrected chi connectivity index (χ4v) is 4.11. The molecule has 0 atom stereocenters. The van der Waals surface area contributed by atoms with Gasteiger partial charge in [0.25, 0.3) is 5.91 Å². The van der Waals surface area contributed by atoms with E-state index >= 15 is 0 Å². The van der Waals surface area contributed by atoms with Gasteiger partial charge in [-0.25, -0.2) is 4.98 Å². The van der Waals surface area contributed by atoms with Crippen molar-refractivity contribution in [2.45, 2.75) is 13.5 Å². The maximum absolute atomic E-state index is 12.5. The number of rotatable bonds is 4. The first-order chi connectivity index (χ1) is 13.1. The second-order valence-electron chi connectivity index (χ2n) is 6.54. The Morgan fingerprint density at radius 3 is 2.81 bits per heavy atom. The van der Waals surface area contributed by atoms with Gasteiger partial charge in [-0.2, -0.15) is 0 Å². The quantitative estimate of drug-likeness (QED) is 0.724. The van der Waals surface area contributed by atoms with Crippen molar-refractivity contribution in [1.29, 1.82) is 0 Å². The van der Waals surface area contributed by atoms with Gasteiger partial charge in [0, 0.05) is 51.4 Å². The van der Waals surface area contributed by atoms with Crippen molar-refractivity contribution >= 4 is 39.2 Å². The van der Waals surface area contributed by atoms with Gasteiger partial charge in [0.2, 0.25) is 5.91 Å². The molecular weight excluding hydrogens is 362 g/mol. The lowest BCUT2D eigenvalue weighted by atomic mass is 10.2. The molecule has 1 saturated heterocycles. The van der Waals surface area contributed by atoms with E-state index in [-0.39, 0.29) is 11.8 Å². The number of aromatic nitrogens is 2. The van der Waals surface area contributed by atoms with Gasteiger partial charge in [-0.05, 0) is 23.6 Å². The van der Waals surface area contributed by atoms with Gasteiger partial charge in [-0.1, -0.05) is 6.07 Å². The van der Waals surface area contributed by atoms with Gasteiger partial charge in [-0.3, -0.25) is 9.59 Å². The Kier molecular flexibility index (Phi) is 4.81. The van der Waals surface area contributed by atoms with E-state index < -0.39 is 0 Å². The van der Waals surface area contributed by atoms with E-state index in [1.54, 1.807) is 24.5 Å².